The van der Waals surface area contributed by atoms with E-state index in [1.807, 2.05) is 6.92 Å². The molecule has 0 amide bonds. The van der Waals surface area contributed by atoms with Crippen molar-refractivity contribution >= 4 is 29.0 Å². The van der Waals surface area contributed by atoms with E-state index < -0.39 is 5.41 Å². The standard InChI is InChI=1S/C11H14Cl2O2/c1-3-15-8-4-5-11(2,9(13)7-12)10(14)6-8/h6-7H,3-5H2,1-2H3/b9-7+. The second-order valence-electron chi connectivity index (χ2n) is 3.70. The SMILES string of the molecule is CCOC1=CC(=O)C(C)(/C(Cl)=C\Cl)CC1. The molecule has 1 unspecified atom stereocenters. The maximum Gasteiger partial charge on any atom is 0.170 e. The Balaban J connectivity index is 2.89. The van der Waals surface area contributed by atoms with Gasteiger partial charge in [-0.05, 0) is 20.3 Å². The van der Waals surface area contributed by atoms with Gasteiger partial charge in [0.05, 0.1) is 17.8 Å². The average Bonchev–Trinajstić information content (AvgIpc) is 2.23. The summed E-state index contributed by atoms with van der Waals surface area (Å²) in [5.41, 5.74) is 0.586. The third kappa shape index (κ3) is 2.56. The Hall–Kier alpha value is -0.470. The maximum atomic E-state index is 11.9. The average molecular weight is 249 g/mol. The Morgan fingerprint density at radius 2 is 2.40 bits per heavy atom. The highest BCUT2D eigenvalue weighted by Crippen LogP contribution is 2.41. The molecule has 2 nitrogen and oxygen atoms in total. The lowest BCUT2D eigenvalue weighted by Gasteiger charge is -2.30. The van der Waals surface area contributed by atoms with Gasteiger partial charge >= 0.3 is 0 Å². The molecule has 0 heterocycles. The van der Waals surface area contributed by atoms with Crippen molar-refractivity contribution in [3.63, 3.8) is 0 Å². The molecule has 0 aromatic heterocycles. The molecule has 0 aromatic rings. The molecule has 84 valence electrons. The Kier molecular flexibility index (Phi) is 4.23. The van der Waals surface area contributed by atoms with Gasteiger partial charge in [-0.1, -0.05) is 23.2 Å². The summed E-state index contributed by atoms with van der Waals surface area (Å²) in [6.07, 6.45) is 2.88. The van der Waals surface area contributed by atoms with Crippen LogP contribution in [0.4, 0.5) is 0 Å². The summed E-state index contributed by atoms with van der Waals surface area (Å²) in [6.45, 7) is 4.27. The summed E-state index contributed by atoms with van der Waals surface area (Å²) in [6, 6.07) is 0. The van der Waals surface area contributed by atoms with E-state index in [0.717, 1.165) is 12.2 Å². The minimum absolute atomic E-state index is 0.0425. The summed E-state index contributed by atoms with van der Waals surface area (Å²) in [4.78, 5) is 11.9. The van der Waals surface area contributed by atoms with Gasteiger partial charge in [0.1, 0.15) is 0 Å². The number of hydrogen-bond donors (Lipinski definition) is 0. The van der Waals surface area contributed by atoms with E-state index in [1.165, 1.54) is 11.6 Å². The maximum absolute atomic E-state index is 11.9. The second kappa shape index (κ2) is 5.04. The summed E-state index contributed by atoms with van der Waals surface area (Å²) in [5, 5.41) is 0.390. The molecule has 1 atom stereocenters. The predicted molar refractivity (Wildman–Crippen MR) is 61.8 cm³/mol. The van der Waals surface area contributed by atoms with Gasteiger partial charge in [0.15, 0.2) is 5.78 Å². The van der Waals surface area contributed by atoms with Crippen LogP contribution in [0.3, 0.4) is 0 Å². The monoisotopic (exact) mass is 248 g/mol. The Morgan fingerprint density at radius 3 is 2.87 bits per heavy atom. The Bertz CT molecular complexity index is 321. The van der Waals surface area contributed by atoms with E-state index in [-0.39, 0.29) is 5.78 Å². The fraction of sp³-hybridized carbons (Fsp3) is 0.545. The van der Waals surface area contributed by atoms with Crippen molar-refractivity contribution < 1.29 is 9.53 Å². The van der Waals surface area contributed by atoms with Crippen LogP contribution >= 0.6 is 23.2 Å². The lowest BCUT2D eigenvalue weighted by molar-refractivity contribution is -0.122. The van der Waals surface area contributed by atoms with Crippen molar-refractivity contribution in [3.05, 3.63) is 22.4 Å². The van der Waals surface area contributed by atoms with Gasteiger partial charge in [-0.3, -0.25) is 4.79 Å². The van der Waals surface area contributed by atoms with Crippen LogP contribution in [0.2, 0.25) is 0 Å². The first kappa shape index (κ1) is 12.6. The van der Waals surface area contributed by atoms with Gasteiger partial charge in [-0.15, -0.1) is 0 Å². The Morgan fingerprint density at radius 1 is 1.73 bits per heavy atom. The van der Waals surface area contributed by atoms with Crippen LogP contribution in [0.15, 0.2) is 22.4 Å². The van der Waals surface area contributed by atoms with E-state index in [0.29, 0.717) is 18.1 Å². The summed E-state index contributed by atoms with van der Waals surface area (Å²) < 4.78 is 5.30. The first-order chi connectivity index (χ1) is 7.04. The molecule has 0 aromatic carbocycles. The van der Waals surface area contributed by atoms with E-state index >= 15 is 0 Å². The highest BCUT2D eigenvalue weighted by atomic mass is 35.5. The molecule has 15 heavy (non-hydrogen) atoms. The number of hydrogen-bond acceptors (Lipinski definition) is 2. The van der Waals surface area contributed by atoms with Crippen LogP contribution in [0.1, 0.15) is 26.7 Å². The number of halogens is 2. The van der Waals surface area contributed by atoms with Gasteiger partial charge in [0, 0.05) is 23.1 Å². The molecule has 0 saturated carbocycles. The molecular weight excluding hydrogens is 235 g/mol. The van der Waals surface area contributed by atoms with Gasteiger partial charge < -0.3 is 4.74 Å². The summed E-state index contributed by atoms with van der Waals surface area (Å²) >= 11 is 11.5. The van der Waals surface area contributed by atoms with Crippen LogP contribution in [0, 0.1) is 5.41 Å². The first-order valence-corrected chi connectivity index (χ1v) is 5.70. The third-order valence-corrected chi connectivity index (χ3v) is 3.52. The van der Waals surface area contributed by atoms with Crippen LogP contribution in [-0.4, -0.2) is 12.4 Å². The Labute approximate surface area is 99.9 Å². The molecule has 4 heteroatoms. The largest absolute Gasteiger partial charge is 0.498 e. The fourth-order valence-electron chi connectivity index (χ4n) is 1.53. The number of allylic oxidation sites excluding steroid dienone is 3. The zero-order valence-electron chi connectivity index (χ0n) is 8.85. The highest BCUT2D eigenvalue weighted by molar-refractivity contribution is 6.38. The molecule has 0 bridgehead atoms. The topological polar surface area (TPSA) is 26.3 Å². The van der Waals surface area contributed by atoms with Crippen molar-refractivity contribution in [3.8, 4) is 0 Å². The molecule has 1 aliphatic rings. The van der Waals surface area contributed by atoms with E-state index in [2.05, 4.69) is 0 Å². The number of carbonyl (C=O) groups excluding carboxylic acids is 1. The van der Waals surface area contributed by atoms with E-state index in [9.17, 15) is 4.79 Å². The minimum atomic E-state index is -0.677. The summed E-state index contributed by atoms with van der Waals surface area (Å²) in [5.74, 6) is 0.693. The van der Waals surface area contributed by atoms with Crippen LogP contribution in [0.5, 0.6) is 0 Å². The van der Waals surface area contributed by atoms with Gasteiger partial charge in [0.25, 0.3) is 0 Å². The molecule has 0 fully saturated rings. The molecule has 0 spiro atoms. The van der Waals surface area contributed by atoms with Gasteiger partial charge in [-0.25, -0.2) is 0 Å². The number of ketones is 1. The van der Waals surface area contributed by atoms with Crippen LogP contribution < -0.4 is 0 Å². The van der Waals surface area contributed by atoms with Crippen molar-refractivity contribution in [2.75, 3.05) is 6.61 Å². The molecule has 0 N–H and O–H groups in total. The highest BCUT2D eigenvalue weighted by Gasteiger charge is 2.38. The summed E-state index contributed by atoms with van der Waals surface area (Å²) in [7, 11) is 0. The molecule has 0 aliphatic heterocycles. The zero-order chi connectivity index (χ0) is 11.5. The minimum Gasteiger partial charge on any atom is -0.498 e. The normalized spacial score (nSPS) is 27.6. The third-order valence-electron chi connectivity index (χ3n) is 2.66. The molecular formula is C11H14Cl2O2. The molecule has 1 aliphatic carbocycles. The second-order valence-corrected chi connectivity index (χ2v) is 4.32. The molecule has 1 rings (SSSR count). The van der Waals surface area contributed by atoms with Crippen molar-refractivity contribution in [2.24, 2.45) is 5.41 Å². The van der Waals surface area contributed by atoms with Crippen molar-refractivity contribution in [1.29, 1.82) is 0 Å². The van der Waals surface area contributed by atoms with E-state index in [1.54, 1.807) is 6.92 Å². The predicted octanol–water partition coefficient (Wildman–Crippen LogP) is 3.60. The van der Waals surface area contributed by atoms with Gasteiger partial charge in [0.2, 0.25) is 0 Å². The number of ether oxygens (including phenoxy) is 1. The molecule has 0 saturated heterocycles. The lowest BCUT2D eigenvalue weighted by Crippen LogP contribution is -2.30. The smallest absolute Gasteiger partial charge is 0.170 e. The van der Waals surface area contributed by atoms with Gasteiger partial charge in [-0.2, -0.15) is 0 Å². The fourth-order valence-corrected chi connectivity index (χ4v) is 1.96. The molecule has 0 radical (unpaired) electrons. The van der Waals surface area contributed by atoms with Crippen molar-refractivity contribution in [2.45, 2.75) is 26.7 Å². The van der Waals surface area contributed by atoms with Crippen LogP contribution in [-0.2, 0) is 9.53 Å². The number of rotatable bonds is 3. The zero-order valence-corrected chi connectivity index (χ0v) is 10.4. The first-order valence-electron chi connectivity index (χ1n) is 4.88. The van der Waals surface area contributed by atoms with Crippen molar-refractivity contribution in [1.82, 2.24) is 0 Å². The lowest BCUT2D eigenvalue weighted by atomic mass is 9.77. The number of carbonyl (C=O) groups is 1. The van der Waals surface area contributed by atoms with E-state index in [4.69, 9.17) is 27.9 Å². The quantitative estimate of drug-likeness (QED) is 0.763. The van der Waals surface area contributed by atoms with Crippen LogP contribution in [0.25, 0.3) is 0 Å².